The molecule has 0 radical (unpaired) electrons. The molecule has 0 saturated heterocycles. The Morgan fingerprint density at radius 1 is 1.24 bits per heavy atom. The van der Waals surface area contributed by atoms with Crippen molar-refractivity contribution >= 4 is 11.6 Å². The highest BCUT2D eigenvalue weighted by Gasteiger charge is 2.12. The van der Waals surface area contributed by atoms with Crippen LogP contribution in [0.4, 0.5) is 0 Å². The van der Waals surface area contributed by atoms with Crippen LogP contribution >= 0.6 is 11.6 Å². The molecule has 0 aromatic carbocycles. The first-order chi connectivity index (χ1) is 8.02. The molecule has 0 spiro atoms. The molecule has 0 N–H and O–H groups in total. The lowest BCUT2D eigenvalue weighted by atomic mass is 10.1. The van der Waals surface area contributed by atoms with Crippen molar-refractivity contribution in [3.05, 3.63) is 34.0 Å². The fourth-order valence-corrected chi connectivity index (χ4v) is 2.25. The standard InChI is InChI=1S/C12H15ClN4/c1-5-10-8(3)16-17(9(10)4)11-6-7(2)14-12(13)15-11/h6H,5H2,1-4H3. The minimum absolute atomic E-state index is 0.255. The van der Waals surface area contributed by atoms with E-state index in [0.717, 1.165) is 29.3 Å². The fourth-order valence-electron chi connectivity index (χ4n) is 2.03. The topological polar surface area (TPSA) is 43.6 Å². The molecule has 0 atom stereocenters. The van der Waals surface area contributed by atoms with Crippen LogP contribution in [0.15, 0.2) is 6.07 Å². The van der Waals surface area contributed by atoms with Crippen LogP contribution in [0.25, 0.3) is 5.82 Å². The summed E-state index contributed by atoms with van der Waals surface area (Å²) in [5.74, 6) is 0.725. The van der Waals surface area contributed by atoms with Gasteiger partial charge in [0.2, 0.25) is 5.28 Å². The molecule has 90 valence electrons. The summed E-state index contributed by atoms with van der Waals surface area (Å²) >= 11 is 5.87. The third-order valence-electron chi connectivity index (χ3n) is 2.83. The molecule has 0 unspecified atom stereocenters. The van der Waals surface area contributed by atoms with Crippen molar-refractivity contribution in [2.24, 2.45) is 0 Å². The summed E-state index contributed by atoms with van der Waals surface area (Å²) in [6.45, 7) is 8.07. The number of hydrogen-bond acceptors (Lipinski definition) is 3. The van der Waals surface area contributed by atoms with Gasteiger partial charge in [-0.25, -0.2) is 9.67 Å². The maximum absolute atomic E-state index is 5.87. The van der Waals surface area contributed by atoms with Crippen molar-refractivity contribution in [2.75, 3.05) is 0 Å². The van der Waals surface area contributed by atoms with Crippen LogP contribution in [0.3, 0.4) is 0 Å². The van der Waals surface area contributed by atoms with Gasteiger partial charge in [0, 0.05) is 17.5 Å². The van der Waals surface area contributed by atoms with Crippen molar-refractivity contribution in [2.45, 2.75) is 34.1 Å². The van der Waals surface area contributed by atoms with Crippen LogP contribution in [0.5, 0.6) is 0 Å². The summed E-state index contributed by atoms with van der Waals surface area (Å²) in [6, 6.07) is 1.88. The molecule has 5 heteroatoms. The van der Waals surface area contributed by atoms with E-state index >= 15 is 0 Å². The van der Waals surface area contributed by atoms with Gasteiger partial charge in [0.15, 0.2) is 5.82 Å². The van der Waals surface area contributed by atoms with E-state index in [1.54, 1.807) is 0 Å². The Bertz CT molecular complexity index is 540. The third-order valence-corrected chi connectivity index (χ3v) is 2.99. The zero-order chi connectivity index (χ0) is 12.6. The van der Waals surface area contributed by atoms with E-state index in [1.165, 1.54) is 5.56 Å². The van der Waals surface area contributed by atoms with Crippen molar-refractivity contribution in [1.29, 1.82) is 0 Å². The van der Waals surface area contributed by atoms with E-state index in [-0.39, 0.29) is 5.28 Å². The molecule has 17 heavy (non-hydrogen) atoms. The van der Waals surface area contributed by atoms with Gasteiger partial charge >= 0.3 is 0 Å². The lowest BCUT2D eigenvalue weighted by Gasteiger charge is -2.05. The predicted octanol–water partition coefficient (Wildman–Crippen LogP) is 2.80. The molecule has 2 heterocycles. The first kappa shape index (κ1) is 12.0. The molecule has 0 bridgehead atoms. The number of halogens is 1. The molecular formula is C12H15ClN4. The van der Waals surface area contributed by atoms with E-state index in [9.17, 15) is 0 Å². The smallest absolute Gasteiger partial charge is 0.223 e. The van der Waals surface area contributed by atoms with Gasteiger partial charge in [-0.2, -0.15) is 10.1 Å². The van der Waals surface area contributed by atoms with Crippen LogP contribution in [0, 0.1) is 20.8 Å². The van der Waals surface area contributed by atoms with Gasteiger partial charge in [-0.3, -0.25) is 0 Å². The molecule has 0 saturated carbocycles. The summed E-state index contributed by atoms with van der Waals surface area (Å²) in [7, 11) is 0. The van der Waals surface area contributed by atoms with Crippen LogP contribution in [-0.2, 0) is 6.42 Å². The highest BCUT2D eigenvalue weighted by Crippen LogP contribution is 2.18. The Balaban J connectivity index is 2.60. The molecule has 2 rings (SSSR count). The monoisotopic (exact) mass is 250 g/mol. The van der Waals surface area contributed by atoms with Crippen LogP contribution in [0.1, 0.15) is 29.6 Å². The Kier molecular flexibility index (Phi) is 3.15. The molecule has 0 aliphatic heterocycles. The van der Waals surface area contributed by atoms with Crippen LogP contribution in [-0.4, -0.2) is 19.7 Å². The van der Waals surface area contributed by atoms with E-state index in [2.05, 4.69) is 22.0 Å². The first-order valence-corrected chi connectivity index (χ1v) is 5.97. The Hall–Kier alpha value is -1.42. The zero-order valence-electron chi connectivity index (χ0n) is 10.5. The molecule has 0 aliphatic rings. The molecular weight excluding hydrogens is 236 g/mol. The third kappa shape index (κ3) is 2.17. The van der Waals surface area contributed by atoms with Crippen molar-refractivity contribution in [3.63, 3.8) is 0 Å². The second-order valence-corrected chi connectivity index (χ2v) is 4.39. The van der Waals surface area contributed by atoms with Gasteiger partial charge in [0.05, 0.1) is 5.69 Å². The minimum atomic E-state index is 0.255. The lowest BCUT2D eigenvalue weighted by molar-refractivity contribution is 0.796. The lowest BCUT2D eigenvalue weighted by Crippen LogP contribution is -2.04. The van der Waals surface area contributed by atoms with Crippen molar-refractivity contribution in [1.82, 2.24) is 19.7 Å². The van der Waals surface area contributed by atoms with Gasteiger partial charge in [-0.05, 0) is 44.4 Å². The summed E-state index contributed by atoms with van der Waals surface area (Å²) in [5, 5.41) is 4.76. The number of hydrogen-bond donors (Lipinski definition) is 0. The van der Waals surface area contributed by atoms with E-state index in [1.807, 2.05) is 31.5 Å². The molecule has 2 aromatic rings. The molecule has 0 fully saturated rings. The number of aryl methyl sites for hydroxylation is 2. The summed E-state index contributed by atoms with van der Waals surface area (Å²) in [5.41, 5.74) is 4.25. The normalized spacial score (nSPS) is 10.9. The predicted molar refractivity (Wildman–Crippen MR) is 67.8 cm³/mol. The number of aromatic nitrogens is 4. The quantitative estimate of drug-likeness (QED) is 0.770. The highest BCUT2D eigenvalue weighted by molar-refractivity contribution is 6.28. The average molecular weight is 251 g/mol. The highest BCUT2D eigenvalue weighted by atomic mass is 35.5. The Labute approximate surface area is 106 Å². The molecule has 0 aliphatic carbocycles. The van der Waals surface area contributed by atoms with Gasteiger partial charge in [0.1, 0.15) is 0 Å². The van der Waals surface area contributed by atoms with Gasteiger partial charge in [-0.15, -0.1) is 0 Å². The van der Waals surface area contributed by atoms with Gasteiger partial charge < -0.3 is 0 Å². The van der Waals surface area contributed by atoms with Gasteiger partial charge in [-0.1, -0.05) is 6.92 Å². The summed E-state index contributed by atoms with van der Waals surface area (Å²) < 4.78 is 1.83. The molecule has 4 nitrogen and oxygen atoms in total. The number of rotatable bonds is 2. The fraction of sp³-hybridized carbons (Fsp3) is 0.417. The Morgan fingerprint density at radius 2 is 1.94 bits per heavy atom. The van der Waals surface area contributed by atoms with E-state index in [0.29, 0.717) is 0 Å². The summed E-state index contributed by atoms with van der Waals surface area (Å²) in [4.78, 5) is 8.26. The van der Waals surface area contributed by atoms with Crippen molar-refractivity contribution in [3.8, 4) is 5.82 Å². The van der Waals surface area contributed by atoms with Crippen molar-refractivity contribution < 1.29 is 0 Å². The van der Waals surface area contributed by atoms with E-state index < -0.39 is 0 Å². The summed E-state index contributed by atoms with van der Waals surface area (Å²) in [6.07, 6.45) is 0.968. The number of nitrogens with zero attached hydrogens (tertiary/aromatic N) is 4. The SMILES string of the molecule is CCc1c(C)nn(-c2cc(C)nc(Cl)n2)c1C. The van der Waals surface area contributed by atoms with E-state index in [4.69, 9.17) is 11.6 Å². The molecule has 2 aromatic heterocycles. The van der Waals surface area contributed by atoms with Crippen LogP contribution < -0.4 is 0 Å². The Morgan fingerprint density at radius 3 is 2.47 bits per heavy atom. The molecule has 0 amide bonds. The second-order valence-electron chi connectivity index (χ2n) is 4.05. The van der Waals surface area contributed by atoms with Gasteiger partial charge in [0.25, 0.3) is 0 Å². The minimum Gasteiger partial charge on any atom is -0.223 e. The first-order valence-electron chi connectivity index (χ1n) is 5.59. The van der Waals surface area contributed by atoms with Crippen LogP contribution in [0.2, 0.25) is 5.28 Å². The second kappa shape index (κ2) is 4.45. The maximum Gasteiger partial charge on any atom is 0.224 e. The average Bonchev–Trinajstić information content (AvgIpc) is 2.52. The largest absolute Gasteiger partial charge is 0.224 e. The zero-order valence-corrected chi connectivity index (χ0v) is 11.2. The maximum atomic E-state index is 5.87.